The van der Waals surface area contributed by atoms with Gasteiger partial charge in [-0.25, -0.2) is 9.37 Å². The van der Waals surface area contributed by atoms with Crippen LogP contribution in [0, 0.1) is 22.7 Å². The van der Waals surface area contributed by atoms with E-state index in [1.807, 2.05) is 12.1 Å². The van der Waals surface area contributed by atoms with Gasteiger partial charge in [0.15, 0.2) is 0 Å². The first-order chi connectivity index (χ1) is 17.6. The van der Waals surface area contributed by atoms with Crippen LogP contribution in [0.1, 0.15) is 22.4 Å². The predicted octanol–water partition coefficient (Wildman–Crippen LogP) is 6.02. The summed E-state index contributed by atoms with van der Waals surface area (Å²) in [4.78, 5) is 4.00. The first kappa shape index (κ1) is 25.3. The van der Waals surface area contributed by atoms with E-state index in [4.69, 9.17) is 10.00 Å². The highest BCUT2D eigenvalue weighted by atomic mass is 19.4. The Morgan fingerprint density at radius 3 is 2.24 bits per heavy atom. The van der Waals surface area contributed by atoms with Gasteiger partial charge in [0.05, 0.1) is 41.5 Å². The van der Waals surface area contributed by atoms with Crippen LogP contribution in [0.2, 0.25) is 0 Å². The lowest BCUT2D eigenvalue weighted by Gasteiger charge is -2.27. The van der Waals surface area contributed by atoms with Crippen molar-refractivity contribution in [3.8, 4) is 34.8 Å². The normalized spacial score (nSPS) is 12.7. The molecule has 10 heteroatoms. The molecule has 0 bridgehead atoms. The van der Waals surface area contributed by atoms with Crippen molar-refractivity contribution in [1.82, 2.24) is 9.55 Å². The van der Waals surface area contributed by atoms with Crippen molar-refractivity contribution >= 4 is 0 Å². The Morgan fingerprint density at radius 1 is 0.919 bits per heavy atom. The highest BCUT2D eigenvalue weighted by molar-refractivity contribution is 5.73. The zero-order valence-electron chi connectivity index (χ0n) is 19.3. The molecule has 0 saturated carbocycles. The zero-order chi connectivity index (χ0) is 26.6. The maximum absolute atomic E-state index is 16.7. The first-order valence-corrected chi connectivity index (χ1v) is 10.8. The lowest BCUT2D eigenvalue weighted by Crippen LogP contribution is -2.32. The molecule has 1 atom stereocenters. The second-order valence-corrected chi connectivity index (χ2v) is 8.07. The fourth-order valence-corrected chi connectivity index (χ4v) is 3.84. The number of benzene rings is 3. The number of aryl methyl sites for hydroxylation is 1. The molecule has 0 spiro atoms. The third-order valence-corrected chi connectivity index (χ3v) is 5.61. The van der Waals surface area contributed by atoms with E-state index in [1.54, 1.807) is 7.05 Å². The van der Waals surface area contributed by atoms with Crippen LogP contribution in [0.25, 0.3) is 11.1 Å². The summed E-state index contributed by atoms with van der Waals surface area (Å²) in [5.74, 6) is -0.313. The van der Waals surface area contributed by atoms with Crippen LogP contribution in [0.15, 0.2) is 79.3 Å². The zero-order valence-corrected chi connectivity index (χ0v) is 19.3. The largest absolute Gasteiger partial charge is 0.573 e. The van der Waals surface area contributed by atoms with Gasteiger partial charge in [-0.15, -0.1) is 13.2 Å². The number of hydrogen-bond donors (Lipinski definition) is 0. The molecular formula is C27H18F4N4O2. The smallest absolute Gasteiger partial charge is 0.489 e. The molecule has 1 unspecified atom stereocenters. The van der Waals surface area contributed by atoms with Gasteiger partial charge in [0, 0.05) is 12.6 Å². The average molecular weight is 506 g/mol. The average Bonchev–Trinajstić information content (AvgIpc) is 3.33. The Bertz CT molecular complexity index is 1500. The van der Waals surface area contributed by atoms with E-state index in [-0.39, 0.29) is 33.7 Å². The van der Waals surface area contributed by atoms with Crippen molar-refractivity contribution in [2.24, 2.45) is 7.05 Å². The van der Waals surface area contributed by atoms with Crippen LogP contribution in [0.3, 0.4) is 0 Å². The van der Waals surface area contributed by atoms with E-state index in [9.17, 15) is 18.4 Å². The van der Waals surface area contributed by atoms with Gasteiger partial charge in [0.2, 0.25) is 5.67 Å². The second-order valence-electron chi connectivity index (χ2n) is 8.07. The van der Waals surface area contributed by atoms with Crippen LogP contribution in [0.4, 0.5) is 17.6 Å². The third kappa shape index (κ3) is 5.54. The minimum Gasteiger partial charge on any atom is -0.489 e. The van der Waals surface area contributed by atoms with Gasteiger partial charge in [-0.3, -0.25) is 0 Å². The minimum absolute atomic E-state index is 0.140. The molecule has 0 saturated heterocycles. The van der Waals surface area contributed by atoms with E-state index in [2.05, 4.69) is 9.72 Å². The van der Waals surface area contributed by atoms with Crippen molar-refractivity contribution in [2.45, 2.75) is 12.0 Å². The van der Waals surface area contributed by atoms with Gasteiger partial charge in [0.1, 0.15) is 18.1 Å². The van der Waals surface area contributed by atoms with E-state index in [0.29, 0.717) is 5.56 Å². The first-order valence-electron chi connectivity index (χ1n) is 10.8. The summed E-state index contributed by atoms with van der Waals surface area (Å²) in [7, 11) is 1.62. The van der Waals surface area contributed by atoms with E-state index in [0.717, 1.165) is 12.1 Å². The number of hydrogen-bond acceptors (Lipinski definition) is 5. The molecular weight excluding hydrogens is 488 g/mol. The monoisotopic (exact) mass is 506 g/mol. The number of nitrogens with zero attached hydrogens (tertiary/aromatic N) is 4. The molecule has 0 radical (unpaired) electrons. The molecule has 0 aliphatic rings. The molecule has 0 aliphatic carbocycles. The van der Waals surface area contributed by atoms with Crippen LogP contribution in [0.5, 0.6) is 11.5 Å². The minimum atomic E-state index is -4.88. The number of ether oxygens (including phenoxy) is 2. The summed E-state index contributed by atoms with van der Waals surface area (Å²) in [6.45, 7) is -0.532. The molecule has 1 aromatic heterocycles. The topological polar surface area (TPSA) is 83.9 Å². The molecule has 0 aliphatic heterocycles. The Hall–Kier alpha value is -4.83. The summed E-state index contributed by atoms with van der Waals surface area (Å²) in [6, 6.07) is 19.4. The lowest BCUT2D eigenvalue weighted by molar-refractivity contribution is -0.274. The van der Waals surface area contributed by atoms with E-state index in [1.165, 1.54) is 71.7 Å². The fraction of sp³-hybridized carbons (Fsp3) is 0.148. The second kappa shape index (κ2) is 10.0. The standard InChI is InChI=1S/C27H18F4N4O2/c1-35-17-34-15-25(35)26(28,21-8-5-18(13-32)6-9-21)16-36-24-10-7-19(14-33)11-23(24)20-3-2-4-22(12-20)37-27(29,30)31/h2-12,15,17H,16H2,1H3. The fourth-order valence-electron chi connectivity index (χ4n) is 3.84. The molecule has 0 fully saturated rings. The Morgan fingerprint density at radius 2 is 1.62 bits per heavy atom. The number of rotatable bonds is 7. The number of nitriles is 2. The van der Waals surface area contributed by atoms with Crippen LogP contribution in [-0.4, -0.2) is 22.5 Å². The van der Waals surface area contributed by atoms with E-state index >= 15 is 4.39 Å². The summed E-state index contributed by atoms with van der Waals surface area (Å²) in [5.41, 5.74) is -0.664. The predicted molar refractivity (Wildman–Crippen MR) is 125 cm³/mol. The Labute approximate surface area is 209 Å². The molecule has 0 N–H and O–H groups in total. The molecule has 1 heterocycles. The van der Waals surface area contributed by atoms with Crippen molar-refractivity contribution in [3.63, 3.8) is 0 Å². The Kier molecular flexibility index (Phi) is 6.85. The number of aromatic nitrogens is 2. The van der Waals surface area contributed by atoms with Gasteiger partial charge < -0.3 is 14.0 Å². The highest BCUT2D eigenvalue weighted by Gasteiger charge is 2.38. The van der Waals surface area contributed by atoms with Crippen molar-refractivity contribution in [3.05, 3.63) is 102 Å². The molecule has 3 aromatic carbocycles. The lowest BCUT2D eigenvalue weighted by atomic mass is 9.92. The van der Waals surface area contributed by atoms with Gasteiger partial charge >= 0.3 is 6.36 Å². The molecule has 0 amide bonds. The van der Waals surface area contributed by atoms with Gasteiger partial charge in [0.25, 0.3) is 0 Å². The maximum atomic E-state index is 16.7. The Balaban J connectivity index is 1.74. The van der Waals surface area contributed by atoms with Crippen molar-refractivity contribution in [2.75, 3.05) is 6.61 Å². The van der Waals surface area contributed by atoms with Gasteiger partial charge in [-0.05, 0) is 53.6 Å². The quantitative estimate of drug-likeness (QED) is 0.286. The molecule has 6 nitrogen and oxygen atoms in total. The number of alkyl halides is 4. The van der Waals surface area contributed by atoms with Crippen LogP contribution in [-0.2, 0) is 12.7 Å². The SMILES string of the molecule is Cn1cncc1C(F)(COc1ccc(C#N)cc1-c1cccc(OC(F)(F)F)c1)c1ccc(C#N)cc1. The van der Waals surface area contributed by atoms with Crippen LogP contribution < -0.4 is 9.47 Å². The summed E-state index contributed by atoms with van der Waals surface area (Å²) in [6.07, 6.45) is -2.09. The van der Waals surface area contributed by atoms with Crippen molar-refractivity contribution < 1.29 is 27.0 Å². The summed E-state index contributed by atoms with van der Waals surface area (Å²) >= 11 is 0. The summed E-state index contributed by atoms with van der Waals surface area (Å²) < 4.78 is 66.4. The van der Waals surface area contributed by atoms with Gasteiger partial charge in [-0.2, -0.15) is 10.5 Å². The number of halogens is 4. The van der Waals surface area contributed by atoms with Crippen molar-refractivity contribution in [1.29, 1.82) is 10.5 Å². The summed E-state index contributed by atoms with van der Waals surface area (Å²) in [5, 5.41) is 18.5. The third-order valence-electron chi connectivity index (χ3n) is 5.61. The number of imidazole rings is 1. The molecule has 37 heavy (non-hydrogen) atoms. The maximum Gasteiger partial charge on any atom is 0.573 e. The van der Waals surface area contributed by atoms with Gasteiger partial charge in [-0.1, -0.05) is 24.3 Å². The molecule has 4 rings (SSSR count). The highest BCUT2D eigenvalue weighted by Crippen LogP contribution is 2.38. The van der Waals surface area contributed by atoms with Crippen LogP contribution >= 0.6 is 0 Å². The van der Waals surface area contributed by atoms with E-state index < -0.39 is 24.4 Å². The molecule has 4 aromatic rings. The molecule has 186 valence electrons.